The summed E-state index contributed by atoms with van der Waals surface area (Å²) >= 11 is 0. The van der Waals surface area contributed by atoms with E-state index in [0.717, 1.165) is 36.0 Å². The lowest BCUT2D eigenvalue weighted by Gasteiger charge is -2.32. The first-order valence-electron chi connectivity index (χ1n) is 6.77. The molecule has 0 spiro atoms. The molecule has 1 aromatic carbocycles. The average Bonchev–Trinajstić information content (AvgIpc) is 2.36. The van der Waals surface area contributed by atoms with Gasteiger partial charge in [-0.15, -0.1) is 0 Å². The van der Waals surface area contributed by atoms with Crippen LogP contribution in [0.3, 0.4) is 0 Å². The third-order valence-electron chi connectivity index (χ3n) is 4.16. The van der Waals surface area contributed by atoms with Gasteiger partial charge in [0.25, 0.3) is 0 Å². The molecule has 0 N–H and O–H groups in total. The maximum Gasteiger partial charge on any atom is 0.123 e. The van der Waals surface area contributed by atoms with Crippen LogP contribution in [0.15, 0.2) is 18.2 Å². The highest BCUT2D eigenvalue weighted by Crippen LogP contribution is 2.32. The smallest absolute Gasteiger partial charge is 0.123 e. The van der Waals surface area contributed by atoms with Gasteiger partial charge in [0, 0.05) is 0 Å². The first-order valence-corrected chi connectivity index (χ1v) is 6.77. The van der Waals surface area contributed by atoms with Crippen molar-refractivity contribution in [3.63, 3.8) is 0 Å². The van der Waals surface area contributed by atoms with Crippen molar-refractivity contribution in [1.29, 1.82) is 5.26 Å². The lowest BCUT2D eigenvalue weighted by molar-refractivity contribution is 0.0999. The summed E-state index contributed by atoms with van der Waals surface area (Å²) in [6, 6.07) is 7.83. The molecule has 2 rings (SSSR count). The van der Waals surface area contributed by atoms with Crippen molar-refractivity contribution >= 4 is 0 Å². The van der Waals surface area contributed by atoms with Gasteiger partial charge in [-0.2, -0.15) is 5.26 Å². The van der Waals surface area contributed by atoms with Crippen molar-refractivity contribution in [2.45, 2.75) is 46.1 Å². The van der Waals surface area contributed by atoms with E-state index in [2.05, 4.69) is 19.9 Å². The van der Waals surface area contributed by atoms with Crippen LogP contribution in [-0.2, 0) is 0 Å². The summed E-state index contributed by atoms with van der Waals surface area (Å²) in [6.45, 7) is 6.66. The minimum Gasteiger partial charge on any atom is -0.490 e. The van der Waals surface area contributed by atoms with Crippen LogP contribution in [0.1, 0.15) is 44.2 Å². The number of ether oxygens (including phenoxy) is 1. The van der Waals surface area contributed by atoms with Gasteiger partial charge in [0.1, 0.15) is 5.75 Å². The number of aryl methyl sites for hydroxylation is 1. The van der Waals surface area contributed by atoms with Gasteiger partial charge < -0.3 is 4.74 Å². The van der Waals surface area contributed by atoms with E-state index in [9.17, 15) is 0 Å². The molecule has 3 unspecified atom stereocenters. The van der Waals surface area contributed by atoms with Crippen LogP contribution < -0.4 is 4.74 Å². The molecule has 0 aromatic heterocycles. The fourth-order valence-corrected chi connectivity index (χ4v) is 2.58. The molecule has 1 aromatic rings. The second-order valence-corrected chi connectivity index (χ2v) is 5.60. The van der Waals surface area contributed by atoms with Crippen LogP contribution in [0.5, 0.6) is 5.75 Å². The molecule has 0 heterocycles. The minimum atomic E-state index is 0.309. The normalized spacial score (nSPS) is 27.6. The maximum atomic E-state index is 8.93. The lowest BCUT2D eigenvalue weighted by Crippen LogP contribution is -2.28. The monoisotopic (exact) mass is 243 g/mol. The molecule has 1 saturated carbocycles. The maximum absolute atomic E-state index is 8.93. The summed E-state index contributed by atoms with van der Waals surface area (Å²) in [5.41, 5.74) is 1.79. The fraction of sp³-hybridized carbons (Fsp3) is 0.562. The van der Waals surface area contributed by atoms with Crippen LogP contribution in [0.25, 0.3) is 0 Å². The first-order chi connectivity index (χ1) is 8.60. The largest absolute Gasteiger partial charge is 0.490 e. The Balaban J connectivity index is 2.08. The summed E-state index contributed by atoms with van der Waals surface area (Å²) < 4.78 is 6.10. The molecule has 0 radical (unpaired) electrons. The van der Waals surface area contributed by atoms with E-state index >= 15 is 0 Å². The first kappa shape index (κ1) is 13.0. The van der Waals surface area contributed by atoms with Crippen molar-refractivity contribution in [2.24, 2.45) is 11.8 Å². The highest BCUT2D eigenvalue weighted by atomic mass is 16.5. The minimum absolute atomic E-state index is 0.309. The SMILES string of the molecule is Cc1ccc(C#N)cc1OC1CCC(C)C(C)C1. The summed E-state index contributed by atoms with van der Waals surface area (Å²) in [5.74, 6) is 2.40. The van der Waals surface area contributed by atoms with Crippen LogP contribution in [-0.4, -0.2) is 6.10 Å². The number of hydrogen-bond donors (Lipinski definition) is 0. The van der Waals surface area contributed by atoms with Crippen molar-refractivity contribution in [3.05, 3.63) is 29.3 Å². The average molecular weight is 243 g/mol. The Kier molecular flexibility index (Phi) is 3.91. The summed E-state index contributed by atoms with van der Waals surface area (Å²) in [7, 11) is 0. The van der Waals surface area contributed by atoms with E-state index in [0.29, 0.717) is 11.7 Å². The van der Waals surface area contributed by atoms with Gasteiger partial charge in [-0.05, 0) is 55.7 Å². The molecule has 96 valence electrons. The fourth-order valence-electron chi connectivity index (χ4n) is 2.58. The van der Waals surface area contributed by atoms with Crippen molar-refractivity contribution in [1.82, 2.24) is 0 Å². The highest BCUT2D eigenvalue weighted by Gasteiger charge is 2.26. The second-order valence-electron chi connectivity index (χ2n) is 5.60. The summed E-state index contributed by atoms with van der Waals surface area (Å²) in [6.07, 6.45) is 3.80. The van der Waals surface area contributed by atoms with E-state index < -0.39 is 0 Å². The van der Waals surface area contributed by atoms with Crippen LogP contribution >= 0.6 is 0 Å². The third kappa shape index (κ3) is 2.85. The zero-order chi connectivity index (χ0) is 13.1. The number of benzene rings is 1. The van der Waals surface area contributed by atoms with Gasteiger partial charge in [-0.25, -0.2) is 0 Å². The molecule has 2 nitrogen and oxygen atoms in total. The highest BCUT2D eigenvalue weighted by molar-refractivity contribution is 5.41. The second kappa shape index (κ2) is 5.44. The topological polar surface area (TPSA) is 33.0 Å². The molecule has 0 aliphatic heterocycles. The molecule has 2 heteroatoms. The zero-order valence-corrected chi connectivity index (χ0v) is 11.4. The summed E-state index contributed by atoms with van der Waals surface area (Å²) in [4.78, 5) is 0. The van der Waals surface area contributed by atoms with Crippen molar-refractivity contribution in [2.75, 3.05) is 0 Å². The van der Waals surface area contributed by atoms with Gasteiger partial charge in [0.05, 0.1) is 17.7 Å². The molecule has 0 saturated heterocycles. The Hall–Kier alpha value is -1.49. The number of hydrogen-bond acceptors (Lipinski definition) is 2. The van der Waals surface area contributed by atoms with E-state index in [1.165, 1.54) is 6.42 Å². The van der Waals surface area contributed by atoms with Gasteiger partial charge >= 0.3 is 0 Å². The molecule has 1 aliphatic carbocycles. The quantitative estimate of drug-likeness (QED) is 0.784. The Labute approximate surface area is 110 Å². The molecule has 0 bridgehead atoms. The van der Waals surface area contributed by atoms with E-state index in [-0.39, 0.29) is 0 Å². The third-order valence-corrected chi connectivity index (χ3v) is 4.16. The van der Waals surface area contributed by atoms with Gasteiger partial charge in [-0.1, -0.05) is 19.9 Å². The Morgan fingerprint density at radius 3 is 2.67 bits per heavy atom. The van der Waals surface area contributed by atoms with E-state index in [1.807, 2.05) is 25.1 Å². The van der Waals surface area contributed by atoms with Crippen LogP contribution in [0.2, 0.25) is 0 Å². The molecule has 0 amide bonds. The van der Waals surface area contributed by atoms with E-state index in [4.69, 9.17) is 10.00 Å². The summed E-state index contributed by atoms with van der Waals surface area (Å²) in [5, 5.41) is 8.93. The van der Waals surface area contributed by atoms with Gasteiger partial charge in [-0.3, -0.25) is 0 Å². The van der Waals surface area contributed by atoms with Crippen molar-refractivity contribution < 1.29 is 4.74 Å². The molecule has 1 aliphatic rings. The predicted molar refractivity (Wildman–Crippen MR) is 72.5 cm³/mol. The Bertz CT molecular complexity index is 461. The zero-order valence-electron chi connectivity index (χ0n) is 11.4. The number of rotatable bonds is 2. The molecule has 1 fully saturated rings. The number of nitrogens with zero attached hydrogens (tertiary/aromatic N) is 1. The molecule has 3 atom stereocenters. The molecule has 18 heavy (non-hydrogen) atoms. The number of nitriles is 1. The van der Waals surface area contributed by atoms with Crippen molar-refractivity contribution in [3.8, 4) is 11.8 Å². The Morgan fingerprint density at radius 1 is 1.22 bits per heavy atom. The predicted octanol–water partition coefficient (Wildman–Crippen LogP) is 4.07. The van der Waals surface area contributed by atoms with Gasteiger partial charge in [0.15, 0.2) is 0 Å². The Morgan fingerprint density at radius 2 is 2.00 bits per heavy atom. The lowest BCUT2D eigenvalue weighted by atomic mass is 9.80. The van der Waals surface area contributed by atoms with Crippen LogP contribution in [0.4, 0.5) is 0 Å². The molecular weight excluding hydrogens is 222 g/mol. The van der Waals surface area contributed by atoms with Gasteiger partial charge in [0.2, 0.25) is 0 Å². The van der Waals surface area contributed by atoms with E-state index in [1.54, 1.807) is 0 Å². The van der Waals surface area contributed by atoms with Crippen LogP contribution in [0, 0.1) is 30.1 Å². The standard InChI is InChI=1S/C16H21NO/c1-11-5-7-15(8-13(11)3)18-16-9-14(10-17)6-4-12(16)2/h4,6,9,11,13,15H,5,7-8H2,1-3H3. The molecular formula is C16H21NO.